The molecule has 0 saturated carbocycles. The number of hydrogen-bond acceptors (Lipinski definition) is 1. The van der Waals surface area contributed by atoms with Crippen molar-refractivity contribution in [2.75, 3.05) is 0 Å². The Kier molecular flexibility index (Phi) is 6.11. The van der Waals surface area contributed by atoms with E-state index in [0.717, 1.165) is 27.8 Å². The van der Waals surface area contributed by atoms with Crippen LogP contribution in [0.2, 0.25) is 0 Å². The van der Waals surface area contributed by atoms with Crippen LogP contribution in [0.5, 0.6) is 0 Å². The largest absolute Gasteiger partial charge is 0.207 e. The molecule has 7 rings (SSSR count). The minimum Gasteiger partial charge on any atom is -0.207 e. The van der Waals surface area contributed by atoms with Crippen molar-refractivity contribution in [2.24, 2.45) is 0 Å². The van der Waals surface area contributed by atoms with Crippen LogP contribution in [-0.4, -0.2) is 0 Å². The maximum atomic E-state index is 13.7. The lowest BCUT2D eigenvalue weighted by molar-refractivity contribution is 0.627. The molecule has 0 amide bonds. The maximum Gasteiger partial charge on any atom is 0.124 e. The lowest BCUT2D eigenvalue weighted by Gasteiger charge is -2.18. The Labute approximate surface area is 238 Å². The number of nitriles is 1. The van der Waals surface area contributed by atoms with Gasteiger partial charge < -0.3 is 0 Å². The third-order valence-electron chi connectivity index (χ3n) is 7.78. The summed E-state index contributed by atoms with van der Waals surface area (Å²) in [6.45, 7) is 0. The van der Waals surface area contributed by atoms with Crippen LogP contribution in [0.25, 0.3) is 66.1 Å². The SMILES string of the molecule is N#Cc1cc(F)ccc1-c1cccc(-c2ccc(-c3c4ccccc4c(-c4ccccc4)c4ccccc34)cc2)c1. The number of nitrogens with zero attached hydrogens (tertiary/aromatic N) is 1. The Balaban J connectivity index is 1.36. The fourth-order valence-electron chi connectivity index (χ4n) is 5.91. The van der Waals surface area contributed by atoms with E-state index in [1.54, 1.807) is 6.07 Å². The first kappa shape index (κ1) is 24.5. The molecule has 0 bridgehead atoms. The van der Waals surface area contributed by atoms with E-state index in [-0.39, 0.29) is 0 Å². The normalized spacial score (nSPS) is 11.0. The highest BCUT2D eigenvalue weighted by Crippen LogP contribution is 2.43. The fourth-order valence-corrected chi connectivity index (χ4v) is 5.91. The van der Waals surface area contributed by atoms with E-state index in [4.69, 9.17) is 0 Å². The van der Waals surface area contributed by atoms with Crippen LogP contribution in [0, 0.1) is 17.1 Å². The summed E-state index contributed by atoms with van der Waals surface area (Å²) in [5, 5.41) is 14.5. The Morgan fingerprint density at radius 2 is 0.902 bits per heavy atom. The van der Waals surface area contributed by atoms with Crippen molar-refractivity contribution in [3.8, 4) is 50.6 Å². The molecule has 0 fully saturated rings. The van der Waals surface area contributed by atoms with Gasteiger partial charge in [-0.25, -0.2) is 4.39 Å². The van der Waals surface area contributed by atoms with Gasteiger partial charge >= 0.3 is 0 Å². The second kappa shape index (κ2) is 10.2. The van der Waals surface area contributed by atoms with E-state index in [0.29, 0.717) is 5.56 Å². The monoisotopic (exact) mass is 525 g/mol. The maximum absolute atomic E-state index is 13.7. The molecule has 192 valence electrons. The molecule has 0 aliphatic rings. The molecule has 0 N–H and O–H groups in total. The third kappa shape index (κ3) is 4.35. The molecular formula is C39H24FN. The van der Waals surface area contributed by atoms with Gasteiger partial charge in [0, 0.05) is 0 Å². The minimum absolute atomic E-state index is 0.329. The molecule has 0 radical (unpaired) electrons. The van der Waals surface area contributed by atoms with Crippen molar-refractivity contribution in [1.29, 1.82) is 5.26 Å². The average Bonchev–Trinajstić information content (AvgIpc) is 3.04. The Bertz CT molecular complexity index is 2040. The standard InChI is InChI=1S/C39H24FN/c40-32-21-22-33(31(24-32)25-41)30-12-8-11-29(23-30)26-17-19-28(20-18-26)39-36-15-6-4-13-34(36)38(27-9-2-1-3-10-27)35-14-5-7-16-37(35)39/h1-24H. The minimum atomic E-state index is -0.408. The predicted molar refractivity (Wildman–Crippen MR) is 168 cm³/mol. The van der Waals surface area contributed by atoms with Crippen LogP contribution in [0.4, 0.5) is 4.39 Å². The van der Waals surface area contributed by atoms with Crippen molar-refractivity contribution in [2.45, 2.75) is 0 Å². The third-order valence-corrected chi connectivity index (χ3v) is 7.78. The number of benzene rings is 7. The first-order chi connectivity index (χ1) is 20.2. The molecule has 0 heterocycles. The number of halogens is 1. The molecule has 0 saturated heterocycles. The summed E-state index contributed by atoms with van der Waals surface area (Å²) >= 11 is 0. The molecule has 1 nitrogen and oxygen atoms in total. The predicted octanol–water partition coefficient (Wildman–Crippen LogP) is 10.7. The van der Waals surface area contributed by atoms with Gasteiger partial charge in [0.2, 0.25) is 0 Å². The van der Waals surface area contributed by atoms with Crippen LogP contribution in [0.1, 0.15) is 5.56 Å². The molecule has 0 atom stereocenters. The zero-order valence-corrected chi connectivity index (χ0v) is 22.2. The van der Waals surface area contributed by atoms with Gasteiger partial charge in [-0.05, 0) is 84.3 Å². The van der Waals surface area contributed by atoms with Gasteiger partial charge in [-0.2, -0.15) is 5.26 Å². The first-order valence-electron chi connectivity index (χ1n) is 13.6. The van der Waals surface area contributed by atoms with E-state index in [1.807, 2.05) is 12.1 Å². The van der Waals surface area contributed by atoms with E-state index in [9.17, 15) is 9.65 Å². The molecule has 0 spiro atoms. The molecule has 7 aromatic carbocycles. The van der Waals surface area contributed by atoms with Gasteiger partial charge in [-0.15, -0.1) is 0 Å². The van der Waals surface area contributed by atoms with Crippen LogP contribution in [0.3, 0.4) is 0 Å². The number of rotatable bonds is 4. The Morgan fingerprint density at radius 1 is 0.415 bits per heavy atom. The van der Waals surface area contributed by atoms with Crippen molar-refractivity contribution >= 4 is 21.5 Å². The Hall–Kier alpha value is -5.52. The zero-order valence-electron chi connectivity index (χ0n) is 22.2. The summed E-state index contributed by atoms with van der Waals surface area (Å²) in [7, 11) is 0. The number of hydrogen-bond donors (Lipinski definition) is 0. The molecule has 0 aliphatic carbocycles. The van der Waals surface area contributed by atoms with Crippen LogP contribution in [0.15, 0.2) is 146 Å². The van der Waals surface area contributed by atoms with Crippen LogP contribution >= 0.6 is 0 Å². The average molecular weight is 526 g/mol. The molecule has 2 heteroatoms. The second-order valence-electron chi connectivity index (χ2n) is 10.2. The topological polar surface area (TPSA) is 23.8 Å². The van der Waals surface area contributed by atoms with Crippen molar-refractivity contribution in [3.05, 3.63) is 157 Å². The lowest BCUT2D eigenvalue weighted by Crippen LogP contribution is -1.91. The lowest BCUT2D eigenvalue weighted by atomic mass is 9.85. The zero-order chi connectivity index (χ0) is 27.8. The fraction of sp³-hybridized carbons (Fsp3) is 0. The van der Waals surface area contributed by atoms with Crippen molar-refractivity contribution in [1.82, 2.24) is 0 Å². The molecule has 41 heavy (non-hydrogen) atoms. The van der Waals surface area contributed by atoms with E-state index in [1.165, 1.54) is 50.4 Å². The second-order valence-corrected chi connectivity index (χ2v) is 10.2. The van der Waals surface area contributed by atoms with Crippen LogP contribution < -0.4 is 0 Å². The molecule has 0 aliphatic heterocycles. The van der Waals surface area contributed by atoms with Crippen molar-refractivity contribution < 1.29 is 4.39 Å². The highest BCUT2D eigenvalue weighted by molar-refractivity contribution is 6.21. The van der Waals surface area contributed by atoms with Gasteiger partial charge in [0.15, 0.2) is 0 Å². The molecule has 0 unspecified atom stereocenters. The summed E-state index contributed by atoms with van der Waals surface area (Å²) in [6, 6.07) is 51.2. The van der Waals surface area contributed by atoms with Gasteiger partial charge in [-0.3, -0.25) is 0 Å². The van der Waals surface area contributed by atoms with Gasteiger partial charge in [0.05, 0.1) is 11.6 Å². The van der Waals surface area contributed by atoms with Gasteiger partial charge in [-0.1, -0.05) is 127 Å². The quantitative estimate of drug-likeness (QED) is 0.210. The highest BCUT2D eigenvalue weighted by atomic mass is 19.1. The molecular weight excluding hydrogens is 501 g/mol. The molecule has 7 aromatic rings. The smallest absolute Gasteiger partial charge is 0.124 e. The van der Waals surface area contributed by atoms with Crippen LogP contribution in [-0.2, 0) is 0 Å². The number of fused-ring (bicyclic) bond motifs is 2. The summed E-state index contributed by atoms with van der Waals surface area (Å²) in [5.41, 5.74) is 8.90. The Morgan fingerprint density at radius 3 is 1.49 bits per heavy atom. The summed E-state index contributed by atoms with van der Waals surface area (Å²) in [5.74, 6) is -0.408. The van der Waals surface area contributed by atoms with Gasteiger partial charge in [0.1, 0.15) is 5.82 Å². The van der Waals surface area contributed by atoms with E-state index in [2.05, 4.69) is 121 Å². The summed E-state index contributed by atoms with van der Waals surface area (Å²) < 4.78 is 13.7. The van der Waals surface area contributed by atoms with E-state index < -0.39 is 5.82 Å². The van der Waals surface area contributed by atoms with Gasteiger partial charge in [0.25, 0.3) is 0 Å². The van der Waals surface area contributed by atoms with E-state index >= 15 is 0 Å². The summed E-state index contributed by atoms with van der Waals surface area (Å²) in [6.07, 6.45) is 0. The first-order valence-corrected chi connectivity index (χ1v) is 13.6. The highest BCUT2D eigenvalue weighted by Gasteiger charge is 2.16. The molecule has 0 aromatic heterocycles. The summed E-state index contributed by atoms with van der Waals surface area (Å²) in [4.78, 5) is 0. The van der Waals surface area contributed by atoms with Crippen molar-refractivity contribution in [3.63, 3.8) is 0 Å².